The number of rotatable bonds is 3. The van der Waals surface area contributed by atoms with Gasteiger partial charge in [-0.3, -0.25) is 4.72 Å². The summed E-state index contributed by atoms with van der Waals surface area (Å²) < 4.78 is 26.9. The molecule has 1 heterocycles. The van der Waals surface area contributed by atoms with Crippen molar-refractivity contribution in [3.05, 3.63) is 41.3 Å². The lowest BCUT2D eigenvalue weighted by atomic mass is 10.1. The van der Waals surface area contributed by atoms with Crippen LogP contribution in [0.2, 0.25) is 0 Å². The van der Waals surface area contributed by atoms with Gasteiger partial charge in [-0.15, -0.1) is 0 Å². The summed E-state index contributed by atoms with van der Waals surface area (Å²) in [7, 11) is -3.68. The van der Waals surface area contributed by atoms with Gasteiger partial charge in [-0.25, -0.2) is 4.98 Å². The van der Waals surface area contributed by atoms with Crippen molar-refractivity contribution in [1.82, 2.24) is 9.97 Å². The molecule has 6 nitrogen and oxygen atoms in total. The monoisotopic (exact) mass is 304 g/mol. The van der Waals surface area contributed by atoms with Crippen LogP contribution in [0.3, 0.4) is 0 Å². The first kappa shape index (κ1) is 15.1. The minimum absolute atomic E-state index is 0.0233. The van der Waals surface area contributed by atoms with Gasteiger partial charge in [-0.2, -0.15) is 8.42 Å². The molecular weight excluding hydrogens is 288 g/mol. The molecule has 0 radical (unpaired) electrons. The van der Waals surface area contributed by atoms with E-state index in [2.05, 4.69) is 26.5 Å². The zero-order chi connectivity index (χ0) is 15.5. The Bertz CT molecular complexity index is 813. The predicted molar refractivity (Wildman–Crippen MR) is 81.2 cm³/mol. The number of aromatic amines is 1. The van der Waals surface area contributed by atoms with E-state index in [0.29, 0.717) is 11.5 Å². The summed E-state index contributed by atoms with van der Waals surface area (Å²) >= 11 is 0. The van der Waals surface area contributed by atoms with Gasteiger partial charge in [0.15, 0.2) is 5.03 Å². The zero-order valence-electron chi connectivity index (χ0n) is 11.8. The average Bonchev–Trinajstić information content (AvgIpc) is 2.86. The lowest BCUT2D eigenvalue weighted by Gasteiger charge is -2.08. The molecule has 1 aromatic heterocycles. The van der Waals surface area contributed by atoms with Gasteiger partial charge in [0.05, 0.1) is 18.4 Å². The molecule has 0 saturated carbocycles. The number of hydrogen-bond donors (Lipinski definition) is 3. The molecule has 0 spiro atoms. The molecule has 7 heteroatoms. The zero-order valence-corrected chi connectivity index (χ0v) is 12.6. The Morgan fingerprint density at radius 1 is 1.38 bits per heavy atom. The Morgan fingerprint density at radius 3 is 2.76 bits per heavy atom. The number of imidazole rings is 1. The summed E-state index contributed by atoms with van der Waals surface area (Å²) in [5.74, 6) is 6.20. The van der Waals surface area contributed by atoms with Crippen LogP contribution in [0.1, 0.15) is 17.0 Å². The Hall–Kier alpha value is -2.30. The number of benzene rings is 1. The lowest BCUT2D eigenvalue weighted by Crippen LogP contribution is -2.13. The highest BCUT2D eigenvalue weighted by atomic mass is 32.2. The third-order valence-electron chi connectivity index (χ3n) is 2.78. The van der Waals surface area contributed by atoms with Crippen molar-refractivity contribution < 1.29 is 8.42 Å². The Balaban J connectivity index is 2.31. The smallest absolute Gasteiger partial charge is 0.278 e. The quantitative estimate of drug-likeness (QED) is 0.740. The fraction of sp³-hybridized carbons (Fsp3) is 0.214. The fourth-order valence-corrected chi connectivity index (χ4v) is 2.73. The van der Waals surface area contributed by atoms with Gasteiger partial charge in [0.1, 0.15) is 5.82 Å². The van der Waals surface area contributed by atoms with Crippen LogP contribution in [0.5, 0.6) is 0 Å². The highest BCUT2D eigenvalue weighted by molar-refractivity contribution is 7.92. The van der Waals surface area contributed by atoms with E-state index in [4.69, 9.17) is 5.73 Å². The molecule has 21 heavy (non-hydrogen) atoms. The maximum Gasteiger partial charge on any atom is 0.278 e. The molecule has 1 aromatic carbocycles. The minimum atomic E-state index is -3.68. The van der Waals surface area contributed by atoms with Gasteiger partial charge >= 0.3 is 0 Å². The van der Waals surface area contributed by atoms with Crippen molar-refractivity contribution >= 4 is 15.7 Å². The number of aromatic nitrogens is 2. The van der Waals surface area contributed by atoms with E-state index in [1.165, 1.54) is 6.20 Å². The van der Waals surface area contributed by atoms with Crippen molar-refractivity contribution in [1.29, 1.82) is 0 Å². The summed E-state index contributed by atoms with van der Waals surface area (Å²) in [6.07, 6.45) is 1.28. The van der Waals surface area contributed by atoms with Crippen LogP contribution in [-0.4, -0.2) is 24.9 Å². The summed E-state index contributed by atoms with van der Waals surface area (Å²) in [5.41, 5.74) is 7.48. The van der Waals surface area contributed by atoms with Crippen LogP contribution in [0, 0.1) is 25.7 Å². The standard InChI is InChI=1S/C14H16N4O2S/c1-10-5-6-13(8-12(10)4-3-7-15)18-21(19,20)14-9-16-11(2)17-14/h5-6,8-9,18H,7,15H2,1-2H3,(H,16,17). The molecule has 110 valence electrons. The second-order valence-electron chi connectivity index (χ2n) is 4.47. The fourth-order valence-electron chi connectivity index (χ4n) is 1.71. The maximum absolute atomic E-state index is 12.2. The van der Waals surface area contributed by atoms with Gasteiger partial charge in [-0.1, -0.05) is 17.9 Å². The number of sulfonamides is 1. The molecule has 2 aromatic rings. The van der Waals surface area contributed by atoms with Gasteiger partial charge in [0.2, 0.25) is 0 Å². The third-order valence-corrected chi connectivity index (χ3v) is 4.07. The van der Waals surface area contributed by atoms with Crippen molar-refractivity contribution in [2.45, 2.75) is 18.9 Å². The first-order valence-corrected chi connectivity index (χ1v) is 7.75. The molecule has 0 unspecified atom stereocenters. The van der Waals surface area contributed by atoms with Crippen molar-refractivity contribution in [3.63, 3.8) is 0 Å². The van der Waals surface area contributed by atoms with Crippen molar-refractivity contribution in [3.8, 4) is 11.8 Å². The minimum Gasteiger partial charge on any atom is -0.332 e. The molecule has 2 rings (SSSR count). The molecule has 0 aliphatic heterocycles. The topological polar surface area (TPSA) is 101 Å². The van der Waals surface area contributed by atoms with E-state index in [1.54, 1.807) is 25.1 Å². The summed E-state index contributed by atoms with van der Waals surface area (Å²) in [5, 5.41) is 0.0233. The largest absolute Gasteiger partial charge is 0.332 e. The van der Waals surface area contributed by atoms with Crippen LogP contribution in [0.15, 0.2) is 29.4 Å². The summed E-state index contributed by atoms with van der Waals surface area (Å²) in [6, 6.07) is 5.17. The first-order chi connectivity index (χ1) is 9.92. The first-order valence-electron chi connectivity index (χ1n) is 6.26. The van der Waals surface area contributed by atoms with Crippen LogP contribution >= 0.6 is 0 Å². The van der Waals surface area contributed by atoms with E-state index in [0.717, 1.165) is 11.1 Å². The highest BCUT2D eigenvalue weighted by Gasteiger charge is 2.16. The van der Waals surface area contributed by atoms with Crippen LogP contribution in [-0.2, 0) is 10.0 Å². The molecule has 0 aliphatic carbocycles. The van der Waals surface area contributed by atoms with E-state index in [-0.39, 0.29) is 11.6 Å². The Morgan fingerprint density at radius 2 is 2.14 bits per heavy atom. The molecule has 0 fully saturated rings. The Labute approximate surface area is 123 Å². The number of nitrogens with zero attached hydrogens (tertiary/aromatic N) is 1. The molecule has 0 aliphatic rings. The van der Waals surface area contributed by atoms with Crippen LogP contribution < -0.4 is 10.5 Å². The SMILES string of the molecule is Cc1ncc(S(=O)(=O)Nc2ccc(C)c(C#CCN)c2)[nH]1. The van der Waals surface area contributed by atoms with E-state index < -0.39 is 10.0 Å². The van der Waals surface area contributed by atoms with E-state index >= 15 is 0 Å². The maximum atomic E-state index is 12.2. The molecule has 4 N–H and O–H groups in total. The number of anilines is 1. The normalized spacial score (nSPS) is 10.8. The van der Waals surface area contributed by atoms with Gasteiger partial charge in [-0.05, 0) is 31.5 Å². The van der Waals surface area contributed by atoms with Crippen molar-refractivity contribution in [2.24, 2.45) is 5.73 Å². The molecule has 0 amide bonds. The van der Waals surface area contributed by atoms with Crippen LogP contribution in [0.25, 0.3) is 0 Å². The number of hydrogen-bond acceptors (Lipinski definition) is 4. The predicted octanol–water partition coefficient (Wildman–Crippen LogP) is 1.14. The van der Waals surface area contributed by atoms with Crippen LogP contribution in [0.4, 0.5) is 5.69 Å². The summed E-state index contributed by atoms with van der Waals surface area (Å²) in [4.78, 5) is 6.58. The second kappa shape index (κ2) is 5.99. The number of aryl methyl sites for hydroxylation is 2. The summed E-state index contributed by atoms with van der Waals surface area (Å²) in [6.45, 7) is 3.84. The second-order valence-corrected chi connectivity index (χ2v) is 6.12. The number of nitrogens with one attached hydrogen (secondary N) is 2. The lowest BCUT2D eigenvalue weighted by molar-refractivity contribution is 0.598. The highest BCUT2D eigenvalue weighted by Crippen LogP contribution is 2.18. The number of nitrogens with two attached hydrogens (primary N) is 1. The van der Waals surface area contributed by atoms with Gasteiger partial charge < -0.3 is 10.7 Å². The molecule has 0 saturated heterocycles. The van der Waals surface area contributed by atoms with E-state index in [1.807, 2.05) is 6.92 Å². The number of H-pyrrole nitrogens is 1. The average molecular weight is 304 g/mol. The molecule has 0 atom stereocenters. The van der Waals surface area contributed by atoms with Gasteiger partial charge in [0.25, 0.3) is 10.0 Å². The molecular formula is C14H16N4O2S. The van der Waals surface area contributed by atoms with Crippen molar-refractivity contribution in [2.75, 3.05) is 11.3 Å². The Kier molecular flexibility index (Phi) is 4.31. The molecule has 0 bridgehead atoms. The van der Waals surface area contributed by atoms with Gasteiger partial charge in [0, 0.05) is 5.56 Å². The van der Waals surface area contributed by atoms with E-state index in [9.17, 15) is 8.42 Å². The third kappa shape index (κ3) is 3.62.